The Morgan fingerprint density at radius 2 is 2.11 bits per heavy atom. The fourth-order valence-electron chi connectivity index (χ4n) is 2.38. The smallest absolute Gasteiger partial charge is 0.138 e. The number of aliphatic hydroxyl groups excluding tert-OH is 1. The van der Waals surface area contributed by atoms with E-state index in [0.29, 0.717) is 0 Å². The molecule has 0 saturated heterocycles. The molecule has 0 unspecified atom stereocenters. The number of benzene rings is 1. The second kappa shape index (κ2) is 4.55. The maximum absolute atomic E-state index is 9.16. The van der Waals surface area contributed by atoms with Gasteiger partial charge in [0.2, 0.25) is 0 Å². The van der Waals surface area contributed by atoms with Gasteiger partial charge < -0.3 is 14.2 Å². The largest absolute Gasteiger partial charge is 0.392 e. The minimum absolute atomic E-state index is 0.0744. The third kappa shape index (κ3) is 2.04. The molecule has 0 saturated carbocycles. The molecule has 0 amide bonds. The summed E-state index contributed by atoms with van der Waals surface area (Å²) in [4.78, 5) is 0. The molecule has 1 N–H and O–H groups in total. The first-order chi connectivity index (χ1) is 9.19. The van der Waals surface area contributed by atoms with Crippen molar-refractivity contribution < 1.29 is 9.63 Å². The van der Waals surface area contributed by atoms with Crippen molar-refractivity contribution in [3.63, 3.8) is 0 Å². The van der Waals surface area contributed by atoms with E-state index in [2.05, 4.69) is 22.0 Å². The first-order valence-corrected chi connectivity index (χ1v) is 6.29. The number of fused-ring (bicyclic) bond motifs is 1. The van der Waals surface area contributed by atoms with Crippen molar-refractivity contribution in [3.05, 3.63) is 53.0 Å². The number of nitrogens with zero attached hydrogens (tertiary/aromatic N) is 2. The normalized spacial score (nSPS) is 11.3. The van der Waals surface area contributed by atoms with Gasteiger partial charge in [0.25, 0.3) is 0 Å². The Hall–Kier alpha value is -2.07. The first kappa shape index (κ1) is 12.0. The number of aryl methyl sites for hydroxylation is 2. The zero-order valence-electron chi connectivity index (χ0n) is 11.1. The molecule has 1 aromatic carbocycles. The van der Waals surface area contributed by atoms with Crippen molar-refractivity contribution in [2.75, 3.05) is 0 Å². The van der Waals surface area contributed by atoms with Crippen LogP contribution in [0.2, 0.25) is 0 Å². The Morgan fingerprint density at radius 1 is 1.26 bits per heavy atom. The molecule has 0 aliphatic heterocycles. The number of aliphatic hydroxyl groups is 1. The monoisotopic (exact) mass is 256 g/mol. The lowest BCUT2D eigenvalue weighted by atomic mass is 10.1. The molecular formula is C15H16N2O2. The third-order valence-electron chi connectivity index (χ3n) is 3.53. The molecule has 4 nitrogen and oxygen atoms in total. The first-order valence-electron chi connectivity index (χ1n) is 6.29. The maximum Gasteiger partial charge on any atom is 0.138 e. The molecule has 0 fully saturated rings. The van der Waals surface area contributed by atoms with Crippen LogP contribution in [0.1, 0.15) is 22.6 Å². The molecule has 0 bridgehead atoms. The predicted molar refractivity (Wildman–Crippen MR) is 72.9 cm³/mol. The maximum atomic E-state index is 9.16. The Bertz CT molecular complexity index is 705. The summed E-state index contributed by atoms with van der Waals surface area (Å²) < 4.78 is 7.37. The van der Waals surface area contributed by atoms with Gasteiger partial charge in [-0.25, -0.2) is 0 Å². The highest BCUT2D eigenvalue weighted by Gasteiger charge is 2.11. The zero-order chi connectivity index (χ0) is 13.4. The van der Waals surface area contributed by atoms with Gasteiger partial charge in [-0.05, 0) is 43.0 Å². The van der Waals surface area contributed by atoms with Gasteiger partial charge in [0, 0.05) is 17.3 Å². The van der Waals surface area contributed by atoms with Gasteiger partial charge in [0.1, 0.15) is 5.76 Å². The summed E-state index contributed by atoms with van der Waals surface area (Å²) in [7, 11) is 0. The summed E-state index contributed by atoms with van der Waals surface area (Å²) in [6.07, 6.45) is 2.05. The van der Waals surface area contributed by atoms with Crippen LogP contribution in [-0.2, 0) is 13.2 Å². The molecule has 0 aliphatic rings. The molecule has 98 valence electrons. The van der Waals surface area contributed by atoms with Crippen LogP contribution in [-0.4, -0.2) is 14.8 Å². The number of hydrogen-bond acceptors (Lipinski definition) is 3. The SMILES string of the molecule is Cc1noc(C)c1Cn1ccc2cc(CO)ccc21. The lowest BCUT2D eigenvalue weighted by Gasteiger charge is -2.05. The second-order valence-electron chi connectivity index (χ2n) is 4.80. The Labute approximate surface area is 111 Å². The Balaban J connectivity index is 2.02. The van der Waals surface area contributed by atoms with Crippen molar-refractivity contribution >= 4 is 10.9 Å². The molecule has 0 radical (unpaired) electrons. The summed E-state index contributed by atoms with van der Waals surface area (Å²) in [5.41, 5.74) is 4.15. The third-order valence-corrected chi connectivity index (χ3v) is 3.53. The van der Waals surface area contributed by atoms with Gasteiger partial charge in [0.05, 0.1) is 18.8 Å². The Morgan fingerprint density at radius 3 is 2.79 bits per heavy atom. The molecule has 3 aromatic rings. The number of rotatable bonds is 3. The summed E-state index contributed by atoms with van der Waals surface area (Å²) in [6, 6.07) is 8.07. The van der Waals surface area contributed by atoms with Crippen molar-refractivity contribution in [2.24, 2.45) is 0 Å². The zero-order valence-corrected chi connectivity index (χ0v) is 11.1. The topological polar surface area (TPSA) is 51.2 Å². The molecule has 2 heterocycles. The molecule has 3 rings (SSSR count). The van der Waals surface area contributed by atoms with E-state index in [4.69, 9.17) is 9.63 Å². The molecular weight excluding hydrogens is 240 g/mol. The summed E-state index contributed by atoms with van der Waals surface area (Å²) in [5.74, 6) is 0.867. The summed E-state index contributed by atoms with van der Waals surface area (Å²) in [5, 5.41) is 14.3. The fraction of sp³-hybridized carbons (Fsp3) is 0.267. The average molecular weight is 256 g/mol. The lowest BCUT2D eigenvalue weighted by Crippen LogP contribution is -2.00. The number of aromatic nitrogens is 2. The van der Waals surface area contributed by atoms with E-state index in [9.17, 15) is 0 Å². The summed E-state index contributed by atoms with van der Waals surface area (Å²) in [6.45, 7) is 4.72. The highest BCUT2D eigenvalue weighted by Crippen LogP contribution is 2.21. The van der Waals surface area contributed by atoms with Gasteiger partial charge in [-0.15, -0.1) is 0 Å². The fourth-order valence-corrected chi connectivity index (χ4v) is 2.38. The summed E-state index contributed by atoms with van der Waals surface area (Å²) >= 11 is 0. The van der Waals surface area contributed by atoms with Crippen LogP contribution in [0.3, 0.4) is 0 Å². The molecule has 4 heteroatoms. The van der Waals surface area contributed by atoms with Gasteiger partial charge >= 0.3 is 0 Å². The van der Waals surface area contributed by atoms with Crippen LogP contribution in [0.5, 0.6) is 0 Å². The lowest BCUT2D eigenvalue weighted by molar-refractivity contribution is 0.282. The van der Waals surface area contributed by atoms with E-state index in [1.165, 1.54) is 0 Å². The van der Waals surface area contributed by atoms with Gasteiger partial charge in [-0.3, -0.25) is 0 Å². The van der Waals surface area contributed by atoms with Gasteiger partial charge in [-0.2, -0.15) is 0 Å². The van der Waals surface area contributed by atoms with Gasteiger partial charge in [0.15, 0.2) is 0 Å². The minimum atomic E-state index is 0.0744. The molecule has 19 heavy (non-hydrogen) atoms. The highest BCUT2D eigenvalue weighted by molar-refractivity contribution is 5.81. The van der Waals surface area contributed by atoms with E-state index >= 15 is 0 Å². The van der Waals surface area contributed by atoms with E-state index < -0.39 is 0 Å². The van der Waals surface area contributed by atoms with E-state index in [-0.39, 0.29) is 6.61 Å². The van der Waals surface area contributed by atoms with Crippen LogP contribution in [0.4, 0.5) is 0 Å². The van der Waals surface area contributed by atoms with Crippen LogP contribution in [0.15, 0.2) is 35.0 Å². The molecule has 0 aliphatic carbocycles. The predicted octanol–water partition coefficient (Wildman–Crippen LogP) is 2.79. The van der Waals surface area contributed by atoms with Crippen LogP contribution >= 0.6 is 0 Å². The van der Waals surface area contributed by atoms with Gasteiger partial charge in [-0.1, -0.05) is 11.2 Å². The van der Waals surface area contributed by atoms with Crippen LogP contribution in [0, 0.1) is 13.8 Å². The van der Waals surface area contributed by atoms with Crippen molar-refractivity contribution in [1.29, 1.82) is 0 Å². The quantitative estimate of drug-likeness (QED) is 0.784. The second-order valence-corrected chi connectivity index (χ2v) is 4.80. The van der Waals surface area contributed by atoms with E-state index in [1.54, 1.807) is 0 Å². The van der Waals surface area contributed by atoms with Crippen molar-refractivity contribution in [3.8, 4) is 0 Å². The Kier molecular flexibility index (Phi) is 2.87. The number of hydrogen-bond donors (Lipinski definition) is 1. The highest BCUT2D eigenvalue weighted by atomic mass is 16.5. The van der Waals surface area contributed by atoms with Crippen molar-refractivity contribution in [1.82, 2.24) is 9.72 Å². The molecule has 0 spiro atoms. The average Bonchev–Trinajstić information content (AvgIpc) is 2.96. The molecule has 2 aromatic heterocycles. The van der Waals surface area contributed by atoms with Crippen LogP contribution < -0.4 is 0 Å². The molecule has 0 atom stereocenters. The standard InChI is InChI=1S/C15H16N2O2/c1-10-14(11(2)19-16-10)8-17-6-5-13-7-12(9-18)3-4-15(13)17/h3-7,18H,8-9H2,1-2H3. The van der Waals surface area contributed by atoms with E-state index in [0.717, 1.165) is 40.0 Å². The van der Waals surface area contributed by atoms with E-state index in [1.807, 2.05) is 32.0 Å². The van der Waals surface area contributed by atoms with Crippen molar-refractivity contribution in [2.45, 2.75) is 27.0 Å². The minimum Gasteiger partial charge on any atom is -0.392 e. The van der Waals surface area contributed by atoms with Crippen LogP contribution in [0.25, 0.3) is 10.9 Å².